The van der Waals surface area contributed by atoms with E-state index in [4.69, 9.17) is 9.47 Å². The first-order valence-electron chi connectivity index (χ1n) is 7.47. The third kappa shape index (κ3) is 7.17. The molecule has 0 fully saturated rings. The highest BCUT2D eigenvalue weighted by atomic mass is 16.5. The molecule has 128 valence electrons. The molecule has 0 radical (unpaired) electrons. The van der Waals surface area contributed by atoms with Crippen molar-refractivity contribution in [2.75, 3.05) is 20.8 Å². The lowest BCUT2D eigenvalue weighted by Gasteiger charge is -2.16. The van der Waals surface area contributed by atoms with Gasteiger partial charge in [-0.3, -0.25) is 5.32 Å². The Morgan fingerprint density at radius 3 is 2.65 bits per heavy atom. The first-order valence-corrected chi connectivity index (χ1v) is 7.47. The van der Waals surface area contributed by atoms with Gasteiger partial charge in [-0.2, -0.15) is 0 Å². The van der Waals surface area contributed by atoms with Gasteiger partial charge in [-0.05, 0) is 37.6 Å². The molecular weight excluding hydrogens is 298 g/mol. The first kappa shape index (κ1) is 19.0. The van der Waals surface area contributed by atoms with E-state index in [0.29, 0.717) is 24.5 Å². The van der Waals surface area contributed by atoms with Crippen molar-refractivity contribution in [1.82, 2.24) is 5.32 Å². The molecule has 1 aromatic rings. The lowest BCUT2D eigenvalue weighted by atomic mass is 10.2. The van der Waals surface area contributed by atoms with Gasteiger partial charge in [0.1, 0.15) is 6.23 Å². The molecule has 1 aromatic carbocycles. The largest absolute Gasteiger partial charge is 0.493 e. The maximum atomic E-state index is 11.1. The summed E-state index contributed by atoms with van der Waals surface area (Å²) in [5.41, 5.74) is 0.793. The molecule has 1 unspecified atom stereocenters. The van der Waals surface area contributed by atoms with Gasteiger partial charge in [-0.25, -0.2) is 4.79 Å². The van der Waals surface area contributed by atoms with E-state index >= 15 is 0 Å². The summed E-state index contributed by atoms with van der Waals surface area (Å²) in [5, 5.41) is 12.7. The van der Waals surface area contributed by atoms with E-state index in [2.05, 4.69) is 10.1 Å². The molecule has 0 amide bonds. The maximum Gasteiger partial charge on any atom is 0.330 e. The molecule has 6 heteroatoms. The molecule has 0 bridgehead atoms. The fraction of sp³-hybridized carbons (Fsp3) is 0.471. The van der Waals surface area contributed by atoms with Crippen LogP contribution in [0.25, 0.3) is 6.08 Å². The van der Waals surface area contributed by atoms with E-state index in [9.17, 15) is 9.90 Å². The van der Waals surface area contributed by atoms with Crippen LogP contribution in [-0.4, -0.2) is 44.2 Å². The minimum absolute atomic E-state index is 0.209. The van der Waals surface area contributed by atoms with Crippen LogP contribution in [0.15, 0.2) is 24.3 Å². The Morgan fingerprint density at radius 2 is 2.04 bits per heavy atom. The molecule has 0 aliphatic heterocycles. The highest BCUT2D eigenvalue weighted by Gasteiger charge is 2.08. The lowest BCUT2D eigenvalue weighted by molar-refractivity contribution is -0.134. The van der Waals surface area contributed by atoms with Gasteiger partial charge >= 0.3 is 5.97 Å². The number of nitrogens with one attached hydrogen (secondary N) is 1. The van der Waals surface area contributed by atoms with Gasteiger partial charge in [-0.15, -0.1) is 0 Å². The number of benzene rings is 1. The van der Waals surface area contributed by atoms with Crippen LogP contribution in [0.5, 0.6) is 11.5 Å². The number of methoxy groups -OCH3 is 2. The Morgan fingerprint density at radius 1 is 1.30 bits per heavy atom. The van der Waals surface area contributed by atoms with Crippen LogP contribution in [0.4, 0.5) is 0 Å². The minimum Gasteiger partial charge on any atom is -0.493 e. The summed E-state index contributed by atoms with van der Waals surface area (Å²) in [5.74, 6) is 0.721. The second-order valence-corrected chi connectivity index (χ2v) is 5.24. The summed E-state index contributed by atoms with van der Waals surface area (Å²) in [6.45, 7) is 4.29. The summed E-state index contributed by atoms with van der Waals surface area (Å²) < 4.78 is 15.5. The smallest absolute Gasteiger partial charge is 0.330 e. The average molecular weight is 323 g/mol. The zero-order chi connectivity index (χ0) is 17.2. The molecule has 0 aliphatic carbocycles. The molecule has 6 nitrogen and oxygen atoms in total. The van der Waals surface area contributed by atoms with Crippen LogP contribution in [0.1, 0.15) is 25.8 Å². The zero-order valence-corrected chi connectivity index (χ0v) is 14.0. The van der Waals surface area contributed by atoms with Gasteiger partial charge in [0.25, 0.3) is 0 Å². The van der Waals surface area contributed by atoms with Crippen molar-refractivity contribution in [1.29, 1.82) is 0 Å². The van der Waals surface area contributed by atoms with Crippen LogP contribution in [0.3, 0.4) is 0 Å². The standard InChI is InChI=1S/C17H25NO5/c1-12(2)18-16(19)9-10-23-14-7-5-13(11-15(14)21-3)6-8-17(20)22-4/h5-8,11-12,16,18-19H,9-10H2,1-4H3. The van der Waals surface area contributed by atoms with Gasteiger partial charge in [0, 0.05) is 18.5 Å². The molecular formula is C17H25NO5. The summed E-state index contributed by atoms with van der Waals surface area (Å²) in [6, 6.07) is 5.54. The minimum atomic E-state index is -0.608. The van der Waals surface area contributed by atoms with Crippen molar-refractivity contribution in [2.45, 2.75) is 32.5 Å². The summed E-state index contributed by atoms with van der Waals surface area (Å²) in [6.07, 6.45) is 2.83. The molecule has 0 saturated carbocycles. The monoisotopic (exact) mass is 323 g/mol. The van der Waals surface area contributed by atoms with Crippen molar-refractivity contribution in [2.24, 2.45) is 0 Å². The van der Waals surface area contributed by atoms with E-state index in [1.54, 1.807) is 31.4 Å². The molecule has 0 spiro atoms. The van der Waals surface area contributed by atoms with Crippen LogP contribution in [-0.2, 0) is 9.53 Å². The van der Waals surface area contributed by atoms with Crippen molar-refractivity contribution in [3.05, 3.63) is 29.8 Å². The average Bonchev–Trinajstić information content (AvgIpc) is 2.52. The molecule has 2 N–H and O–H groups in total. The molecule has 23 heavy (non-hydrogen) atoms. The highest BCUT2D eigenvalue weighted by molar-refractivity contribution is 5.87. The number of carbonyl (C=O) groups excluding carboxylic acids is 1. The molecule has 1 rings (SSSR count). The van der Waals surface area contributed by atoms with E-state index < -0.39 is 12.2 Å². The number of esters is 1. The van der Waals surface area contributed by atoms with E-state index in [0.717, 1.165) is 5.56 Å². The Bertz CT molecular complexity index is 528. The van der Waals surface area contributed by atoms with E-state index in [1.165, 1.54) is 13.2 Å². The van der Waals surface area contributed by atoms with Gasteiger partial charge in [0.15, 0.2) is 11.5 Å². The normalized spacial score (nSPS) is 12.4. The van der Waals surface area contributed by atoms with Crippen LogP contribution >= 0.6 is 0 Å². The van der Waals surface area contributed by atoms with Gasteiger partial charge in [0.2, 0.25) is 0 Å². The van der Waals surface area contributed by atoms with Gasteiger partial charge in [0.05, 0.1) is 20.8 Å². The Balaban J connectivity index is 2.62. The lowest BCUT2D eigenvalue weighted by Crippen LogP contribution is -2.35. The second kappa shape index (κ2) is 9.86. The number of aliphatic hydroxyl groups is 1. The van der Waals surface area contributed by atoms with Crippen molar-refractivity contribution in [3.8, 4) is 11.5 Å². The fourth-order valence-electron chi connectivity index (χ4n) is 1.89. The SMILES string of the molecule is COC(=O)C=Cc1ccc(OCCC(O)NC(C)C)c(OC)c1. The van der Waals surface area contributed by atoms with E-state index in [-0.39, 0.29) is 6.04 Å². The van der Waals surface area contributed by atoms with Crippen LogP contribution in [0.2, 0.25) is 0 Å². The van der Waals surface area contributed by atoms with Crippen LogP contribution < -0.4 is 14.8 Å². The number of rotatable bonds is 9. The molecule has 0 heterocycles. The fourth-order valence-corrected chi connectivity index (χ4v) is 1.89. The Labute approximate surface area is 137 Å². The summed E-state index contributed by atoms with van der Waals surface area (Å²) in [4.78, 5) is 11.1. The number of carbonyl (C=O) groups is 1. The number of hydrogen-bond donors (Lipinski definition) is 2. The van der Waals surface area contributed by atoms with Crippen molar-refractivity contribution < 1.29 is 24.1 Å². The molecule has 1 atom stereocenters. The number of aliphatic hydroxyl groups excluding tert-OH is 1. The van der Waals surface area contributed by atoms with Gasteiger partial charge in [-0.1, -0.05) is 6.07 Å². The predicted octanol–water partition coefficient (Wildman–Crippen LogP) is 1.97. The number of hydrogen-bond acceptors (Lipinski definition) is 6. The quantitative estimate of drug-likeness (QED) is 0.411. The molecule has 0 saturated heterocycles. The first-order chi connectivity index (χ1) is 11.0. The highest BCUT2D eigenvalue weighted by Crippen LogP contribution is 2.28. The van der Waals surface area contributed by atoms with Gasteiger partial charge < -0.3 is 19.3 Å². The summed E-state index contributed by atoms with van der Waals surface area (Å²) in [7, 11) is 2.87. The predicted molar refractivity (Wildman–Crippen MR) is 88.4 cm³/mol. The third-order valence-corrected chi connectivity index (χ3v) is 2.98. The second-order valence-electron chi connectivity index (χ2n) is 5.24. The zero-order valence-electron chi connectivity index (χ0n) is 14.0. The molecule has 0 aliphatic rings. The summed E-state index contributed by atoms with van der Waals surface area (Å²) >= 11 is 0. The maximum absolute atomic E-state index is 11.1. The Kier molecular flexibility index (Phi) is 8.15. The van der Waals surface area contributed by atoms with E-state index in [1.807, 2.05) is 13.8 Å². The van der Waals surface area contributed by atoms with Crippen molar-refractivity contribution in [3.63, 3.8) is 0 Å². The van der Waals surface area contributed by atoms with Crippen LogP contribution in [0, 0.1) is 0 Å². The topological polar surface area (TPSA) is 77.0 Å². The third-order valence-electron chi connectivity index (χ3n) is 2.98. The van der Waals surface area contributed by atoms with Crippen molar-refractivity contribution >= 4 is 12.0 Å². The number of ether oxygens (including phenoxy) is 3. The molecule has 0 aromatic heterocycles. The Hall–Kier alpha value is -2.05.